The SMILES string of the molecule is O=C(NCc1nc2ccccc2[nH]1)C1=C[C@@H](c2coc3ccccc23)C[C@@H](OCCOCCO)O1. The van der Waals surface area contributed by atoms with E-state index < -0.39 is 6.29 Å². The van der Waals surface area contributed by atoms with Gasteiger partial charge in [0, 0.05) is 23.3 Å². The molecule has 2 aromatic heterocycles. The lowest BCUT2D eigenvalue weighted by atomic mass is 9.92. The molecule has 5 rings (SSSR count). The number of aromatic amines is 1. The number of para-hydroxylation sites is 3. The molecule has 0 saturated heterocycles. The van der Waals surface area contributed by atoms with Crippen LogP contribution in [0.1, 0.15) is 23.7 Å². The first-order valence-corrected chi connectivity index (χ1v) is 11.6. The van der Waals surface area contributed by atoms with Crippen LogP contribution in [0.4, 0.5) is 0 Å². The first-order valence-electron chi connectivity index (χ1n) is 11.6. The first-order chi connectivity index (χ1) is 17.2. The van der Waals surface area contributed by atoms with E-state index in [9.17, 15) is 4.79 Å². The number of furan rings is 1. The maximum atomic E-state index is 13.0. The van der Waals surface area contributed by atoms with Gasteiger partial charge in [-0.3, -0.25) is 4.79 Å². The summed E-state index contributed by atoms with van der Waals surface area (Å²) in [5.74, 6) is 0.349. The predicted octanol–water partition coefficient (Wildman–Crippen LogP) is 3.36. The lowest BCUT2D eigenvalue weighted by molar-refractivity contribution is -0.151. The van der Waals surface area contributed by atoms with Crippen LogP contribution in [0.2, 0.25) is 0 Å². The molecule has 182 valence electrons. The van der Waals surface area contributed by atoms with Gasteiger partial charge >= 0.3 is 0 Å². The number of fused-ring (bicyclic) bond motifs is 2. The quantitative estimate of drug-likeness (QED) is 0.300. The van der Waals surface area contributed by atoms with Crippen LogP contribution >= 0.6 is 0 Å². The number of aromatic nitrogens is 2. The van der Waals surface area contributed by atoms with Crippen LogP contribution in [0, 0.1) is 0 Å². The van der Waals surface area contributed by atoms with Gasteiger partial charge in [0.15, 0.2) is 5.76 Å². The summed E-state index contributed by atoms with van der Waals surface area (Å²) in [5, 5.41) is 12.7. The van der Waals surface area contributed by atoms with Crippen molar-refractivity contribution in [3.63, 3.8) is 0 Å². The zero-order chi connectivity index (χ0) is 24.0. The molecule has 0 saturated carbocycles. The second kappa shape index (κ2) is 10.7. The highest BCUT2D eigenvalue weighted by molar-refractivity contribution is 5.92. The zero-order valence-corrected chi connectivity index (χ0v) is 19.1. The maximum absolute atomic E-state index is 13.0. The van der Waals surface area contributed by atoms with Gasteiger partial charge in [-0.05, 0) is 24.3 Å². The third-order valence-electron chi connectivity index (χ3n) is 5.81. The van der Waals surface area contributed by atoms with E-state index in [0.29, 0.717) is 18.9 Å². The van der Waals surface area contributed by atoms with E-state index in [2.05, 4.69) is 15.3 Å². The lowest BCUT2D eigenvalue weighted by Gasteiger charge is -2.28. The number of carbonyl (C=O) groups excluding carboxylic acids is 1. The molecule has 35 heavy (non-hydrogen) atoms. The van der Waals surface area contributed by atoms with Crippen molar-refractivity contribution >= 4 is 27.9 Å². The molecule has 2 aromatic carbocycles. The van der Waals surface area contributed by atoms with E-state index in [-0.39, 0.29) is 43.9 Å². The molecule has 3 N–H and O–H groups in total. The number of carbonyl (C=O) groups is 1. The Bertz CT molecular complexity index is 1290. The fourth-order valence-corrected chi connectivity index (χ4v) is 4.17. The second-order valence-corrected chi connectivity index (χ2v) is 8.20. The molecule has 0 radical (unpaired) electrons. The standard InChI is InChI=1S/C26H27N3O6/c30-9-10-32-11-12-33-25-14-17(19-16-34-22-8-4-1-5-18(19)22)13-23(35-25)26(31)27-15-24-28-20-6-2-3-7-21(20)29-24/h1-8,13,16-17,25,30H,9-12,14-15H2,(H,27,31)(H,28,29)/t17-,25+/m1/s1. The summed E-state index contributed by atoms with van der Waals surface area (Å²) in [6.45, 7) is 1.02. The normalized spacial score (nSPS) is 17.9. The van der Waals surface area contributed by atoms with Crippen molar-refractivity contribution in [1.29, 1.82) is 0 Å². The number of nitrogens with zero attached hydrogens (tertiary/aromatic N) is 1. The molecule has 1 amide bonds. The Morgan fingerprint density at radius 2 is 2.00 bits per heavy atom. The van der Waals surface area contributed by atoms with E-state index >= 15 is 0 Å². The Balaban J connectivity index is 1.31. The zero-order valence-electron chi connectivity index (χ0n) is 19.1. The molecule has 4 aromatic rings. The Labute approximate surface area is 201 Å². The van der Waals surface area contributed by atoms with Gasteiger partial charge in [-0.15, -0.1) is 0 Å². The van der Waals surface area contributed by atoms with Crippen molar-refractivity contribution < 1.29 is 28.5 Å². The van der Waals surface area contributed by atoms with Gasteiger partial charge in [-0.1, -0.05) is 30.3 Å². The molecule has 0 bridgehead atoms. The lowest BCUT2D eigenvalue weighted by Crippen LogP contribution is -2.33. The first kappa shape index (κ1) is 23.1. The topological polar surface area (TPSA) is 119 Å². The number of amides is 1. The summed E-state index contributed by atoms with van der Waals surface area (Å²) >= 11 is 0. The summed E-state index contributed by atoms with van der Waals surface area (Å²) in [6.07, 6.45) is 3.42. The largest absolute Gasteiger partial charge is 0.464 e. The highest BCUT2D eigenvalue weighted by Crippen LogP contribution is 2.36. The number of rotatable bonds is 10. The molecule has 9 heteroatoms. The number of ether oxygens (including phenoxy) is 3. The Hall–Kier alpha value is -3.66. The van der Waals surface area contributed by atoms with Crippen molar-refractivity contribution in [2.45, 2.75) is 25.2 Å². The average molecular weight is 478 g/mol. The molecule has 1 aliphatic rings. The van der Waals surface area contributed by atoms with Gasteiger partial charge in [-0.25, -0.2) is 4.98 Å². The number of imidazole rings is 1. The number of benzene rings is 2. The summed E-state index contributed by atoms with van der Waals surface area (Å²) in [4.78, 5) is 20.8. The van der Waals surface area contributed by atoms with Crippen LogP contribution < -0.4 is 5.32 Å². The Morgan fingerprint density at radius 3 is 2.89 bits per heavy atom. The van der Waals surface area contributed by atoms with Gasteiger partial charge < -0.3 is 34.0 Å². The number of hydrogen-bond donors (Lipinski definition) is 3. The van der Waals surface area contributed by atoms with Crippen molar-refractivity contribution in [2.75, 3.05) is 26.4 Å². The Morgan fingerprint density at radius 1 is 1.14 bits per heavy atom. The van der Waals surface area contributed by atoms with Crippen molar-refractivity contribution in [2.24, 2.45) is 0 Å². The molecular weight excluding hydrogens is 450 g/mol. The van der Waals surface area contributed by atoms with Crippen molar-refractivity contribution in [3.05, 3.63) is 78.0 Å². The number of allylic oxidation sites excluding steroid dienone is 1. The fraction of sp³-hybridized carbons (Fsp3) is 0.308. The summed E-state index contributed by atoms with van der Waals surface area (Å²) in [5.41, 5.74) is 3.51. The second-order valence-electron chi connectivity index (χ2n) is 8.20. The molecule has 2 atom stereocenters. The molecule has 9 nitrogen and oxygen atoms in total. The van der Waals surface area contributed by atoms with Crippen molar-refractivity contribution in [1.82, 2.24) is 15.3 Å². The highest BCUT2D eigenvalue weighted by atomic mass is 16.7. The smallest absolute Gasteiger partial charge is 0.286 e. The van der Waals surface area contributed by atoms with Crippen LogP contribution in [-0.2, 0) is 25.5 Å². The Kier molecular flexibility index (Phi) is 7.08. The highest BCUT2D eigenvalue weighted by Gasteiger charge is 2.30. The molecule has 3 heterocycles. The number of aliphatic hydroxyl groups is 1. The van der Waals surface area contributed by atoms with E-state index in [1.807, 2.05) is 54.6 Å². The molecule has 0 spiro atoms. The number of nitrogens with one attached hydrogen (secondary N) is 2. The van der Waals surface area contributed by atoms with Gasteiger partial charge in [0.05, 0.1) is 50.3 Å². The maximum Gasteiger partial charge on any atom is 0.286 e. The predicted molar refractivity (Wildman–Crippen MR) is 128 cm³/mol. The van der Waals surface area contributed by atoms with Crippen LogP contribution in [0.5, 0.6) is 0 Å². The van der Waals surface area contributed by atoms with Gasteiger partial charge in [-0.2, -0.15) is 0 Å². The third kappa shape index (κ3) is 5.37. The van der Waals surface area contributed by atoms with Gasteiger partial charge in [0.1, 0.15) is 11.4 Å². The van der Waals surface area contributed by atoms with Crippen LogP contribution in [0.3, 0.4) is 0 Å². The third-order valence-corrected chi connectivity index (χ3v) is 5.81. The minimum Gasteiger partial charge on any atom is -0.464 e. The van der Waals surface area contributed by atoms with Crippen LogP contribution in [-0.4, -0.2) is 53.7 Å². The van der Waals surface area contributed by atoms with E-state index in [1.54, 1.807) is 6.26 Å². The van der Waals surface area contributed by atoms with E-state index in [1.165, 1.54) is 0 Å². The summed E-state index contributed by atoms with van der Waals surface area (Å²) in [7, 11) is 0. The molecule has 0 aliphatic carbocycles. The van der Waals surface area contributed by atoms with Crippen molar-refractivity contribution in [3.8, 4) is 0 Å². The molecule has 1 aliphatic heterocycles. The molecular formula is C26H27N3O6. The average Bonchev–Trinajstić information content (AvgIpc) is 3.51. The summed E-state index contributed by atoms with van der Waals surface area (Å²) in [6, 6.07) is 15.5. The fourth-order valence-electron chi connectivity index (χ4n) is 4.17. The van der Waals surface area contributed by atoms with Crippen LogP contribution in [0.25, 0.3) is 22.0 Å². The van der Waals surface area contributed by atoms with Gasteiger partial charge in [0.2, 0.25) is 6.29 Å². The number of hydrogen-bond acceptors (Lipinski definition) is 7. The summed E-state index contributed by atoms with van der Waals surface area (Å²) < 4.78 is 22.8. The minimum absolute atomic E-state index is 0.0478. The minimum atomic E-state index is -0.636. The number of H-pyrrole nitrogens is 1. The van der Waals surface area contributed by atoms with Gasteiger partial charge in [0.25, 0.3) is 5.91 Å². The molecule has 0 unspecified atom stereocenters. The monoisotopic (exact) mass is 477 g/mol. The molecule has 0 fully saturated rings. The van der Waals surface area contributed by atoms with E-state index in [0.717, 1.165) is 27.6 Å². The van der Waals surface area contributed by atoms with E-state index in [4.69, 9.17) is 23.7 Å². The number of aliphatic hydroxyl groups excluding tert-OH is 1. The van der Waals surface area contributed by atoms with Crippen LogP contribution in [0.15, 0.2) is 71.0 Å².